The molecule has 23 heavy (non-hydrogen) atoms. The lowest BCUT2D eigenvalue weighted by Crippen LogP contribution is -2.27. The molecule has 1 unspecified atom stereocenters. The first-order chi connectivity index (χ1) is 11.1. The van der Waals surface area contributed by atoms with Crippen molar-refractivity contribution in [3.63, 3.8) is 0 Å². The number of anilines is 1. The van der Waals surface area contributed by atoms with Gasteiger partial charge in [0.1, 0.15) is 0 Å². The van der Waals surface area contributed by atoms with Gasteiger partial charge in [0.25, 0.3) is 5.91 Å². The molecule has 5 nitrogen and oxygen atoms in total. The lowest BCUT2D eigenvalue weighted by molar-refractivity contribution is 0.0994. The first-order valence-corrected chi connectivity index (χ1v) is 7.48. The van der Waals surface area contributed by atoms with Crippen LogP contribution in [0.4, 0.5) is 5.69 Å². The molecule has 0 fully saturated rings. The number of fused-ring (bicyclic) bond motifs is 2. The van der Waals surface area contributed by atoms with Gasteiger partial charge in [-0.2, -0.15) is 5.26 Å². The molecule has 1 amide bonds. The van der Waals surface area contributed by atoms with Crippen LogP contribution in [-0.2, 0) is 0 Å². The number of benzene rings is 2. The molecule has 0 N–H and O–H groups in total. The minimum atomic E-state index is -0.843. The molecule has 4 rings (SSSR count). The SMILES string of the molecule is N#CC1c2c(Cl)ccc(Cl)c2C(=O)N1c1ccc2c(c1)OCO2. The van der Waals surface area contributed by atoms with Crippen LogP contribution in [0, 0.1) is 11.3 Å². The molecule has 2 aromatic rings. The second kappa shape index (κ2) is 5.05. The number of carbonyl (C=O) groups is 1. The number of nitriles is 1. The molecule has 114 valence electrons. The first-order valence-electron chi connectivity index (χ1n) is 6.72. The van der Waals surface area contributed by atoms with Crippen molar-refractivity contribution in [3.05, 3.63) is 51.5 Å². The predicted octanol–water partition coefficient (Wildman–Crippen LogP) is 3.95. The van der Waals surface area contributed by atoms with E-state index >= 15 is 0 Å². The largest absolute Gasteiger partial charge is 0.454 e. The summed E-state index contributed by atoms with van der Waals surface area (Å²) in [5, 5.41) is 10.2. The summed E-state index contributed by atoms with van der Waals surface area (Å²) in [4.78, 5) is 14.2. The van der Waals surface area contributed by atoms with Crippen LogP contribution in [0.3, 0.4) is 0 Å². The van der Waals surface area contributed by atoms with Crippen LogP contribution in [0.15, 0.2) is 30.3 Å². The Kier molecular flexibility index (Phi) is 3.12. The highest BCUT2D eigenvalue weighted by molar-refractivity contribution is 6.38. The second-order valence-electron chi connectivity index (χ2n) is 5.06. The zero-order valence-electron chi connectivity index (χ0n) is 11.5. The minimum absolute atomic E-state index is 0.131. The summed E-state index contributed by atoms with van der Waals surface area (Å²) < 4.78 is 10.6. The van der Waals surface area contributed by atoms with E-state index in [0.717, 1.165) is 0 Å². The minimum Gasteiger partial charge on any atom is -0.454 e. The molecule has 0 saturated carbocycles. The predicted molar refractivity (Wildman–Crippen MR) is 84.2 cm³/mol. The number of amides is 1. The summed E-state index contributed by atoms with van der Waals surface area (Å²) in [5.41, 5.74) is 1.22. The van der Waals surface area contributed by atoms with Crippen LogP contribution in [0.5, 0.6) is 11.5 Å². The molecule has 2 heterocycles. The van der Waals surface area contributed by atoms with Crippen molar-refractivity contribution < 1.29 is 14.3 Å². The molecule has 0 aromatic heterocycles. The number of nitrogens with zero attached hydrogens (tertiary/aromatic N) is 2. The molecular formula is C16H8Cl2N2O3. The Labute approximate surface area is 141 Å². The van der Waals surface area contributed by atoms with E-state index in [9.17, 15) is 10.1 Å². The van der Waals surface area contributed by atoms with Gasteiger partial charge in [-0.1, -0.05) is 23.2 Å². The van der Waals surface area contributed by atoms with E-state index in [2.05, 4.69) is 6.07 Å². The average Bonchev–Trinajstić information content (AvgIpc) is 3.12. The fourth-order valence-corrected chi connectivity index (χ4v) is 3.35. The molecule has 0 saturated heterocycles. The quantitative estimate of drug-likeness (QED) is 0.784. The third kappa shape index (κ3) is 1.96. The summed E-state index contributed by atoms with van der Waals surface area (Å²) in [6.45, 7) is 0.131. The monoisotopic (exact) mass is 346 g/mol. The Bertz CT molecular complexity index is 892. The highest BCUT2D eigenvalue weighted by Gasteiger charge is 2.41. The van der Waals surface area contributed by atoms with Gasteiger partial charge in [-0.15, -0.1) is 0 Å². The molecule has 2 aliphatic rings. The van der Waals surface area contributed by atoms with Gasteiger partial charge in [-0.05, 0) is 24.3 Å². The van der Waals surface area contributed by atoms with E-state index in [1.54, 1.807) is 30.3 Å². The maximum atomic E-state index is 12.8. The number of hydrogen-bond donors (Lipinski definition) is 0. The lowest BCUT2D eigenvalue weighted by atomic mass is 10.1. The van der Waals surface area contributed by atoms with Crippen LogP contribution in [0.1, 0.15) is 22.0 Å². The van der Waals surface area contributed by atoms with Crippen molar-refractivity contribution in [1.29, 1.82) is 5.26 Å². The highest BCUT2D eigenvalue weighted by Crippen LogP contribution is 2.45. The number of halogens is 2. The van der Waals surface area contributed by atoms with E-state index in [1.807, 2.05) is 0 Å². The van der Waals surface area contributed by atoms with Gasteiger partial charge in [-0.3, -0.25) is 9.69 Å². The third-order valence-corrected chi connectivity index (χ3v) is 4.51. The Morgan fingerprint density at radius 3 is 2.65 bits per heavy atom. The van der Waals surface area contributed by atoms with Gasteiger partial charge >= 0.3 is 0 Å². The molecule has 0 bridgehead atoms. The molecule has 0 spiro atoms. The van der Waals surface area contributed by atoms with E-state index in [4.69, 9.17) is 32.7 Å². The standard InChI is InChI=1S/C16H8Cl2N2O3/c17-9-2-3-10(18)15-14(9)11(6-19)20(16(15)21)8-1-4-12-13(5-8)23-7-22-12/h1-5,11H,7H2. The second-order valence-corrected chi connectivity index (χ2v) is 5.88. The van der Waals surface area contributed by atoms with Crippen molar-refractivity contribution in [3.8, 4) is 17.6 Å². The van der Waals surface area contributed by atoms with Crippen molar-refractivity contribution in [2.75, 3.05) is 11.7 Å². The van der Waals surface area contributed by atoms with Crippen molar-refractivity contribution >= 4 is 34.8 Å². The van der Waals surface area contributed by atoms with Gasteiger partial charge < -0.3 is 9.47 Å². The van der Waals surface area contributed by atoms with E-state index in [1.165, 1.54) is 4.90 Å². The lowest BCUT2D eigenvalue weighted by Gasteiger charge is -2.20. The summed E-state index contributed by atoms with van der Waals surface area (Å²) in [6.07, 6.45) is 0. The summed E-state index contributed by atoms with van der Waals surface area (Å²) >= 11 is 12.3. The fraction of sp³-hybridized carbons (Fsp3) is 0.125. The number of hydrogen-bond acceptors (Lipinski definition) is 4. The van der Waals surface area contributed by atoms with Crippen LogP contribution < -0.4 is 14.4 Å². The van der Waals surface area contributed by atoms with Gasteiger partial charge in [0.2, 0.25) is 6.79 Å². The number of carbonyl (C=O) groups excluding carboxylic acids is 1. The number of ether oxygens (including phenoxy) is 2. The molecule has 0 radical (unpaired) electrons. The smallest absolute Gasteiger partial charge is 0.261 e. The fourth-order valence-electron chi connectivity index (χ4n) is 2.84. The topological polar surface area (TPSA) is 62.6 Å². The summed E-state index contributed by atoms with van der Waals surface area (Å²) in [6, 6.07) is 9.48. The highest BCUT2D eigenvalue weighted by atomic mass is 35.5. The normalized spacial score (nSPS) is 18.0. The number of rotatable bonds is 1. The first kappa shape index (κ1) is 14.2. The maximum absolute atomic E-state index is 12.8. The van der Waals surface area contributed by atoms with E-state index in [0.29, 0.717) is 27.8 Å². The molecule has 7 heteroatoms. The van der Waals surface area contributed by atoms with E-state index < -0.39 is 6.04 Å². The third-order valence-electron chi connectivity index (χ3n) is 3.86. The van der Waals surface area contributed by atoms with Crippen LogP contribution in [0.25, 0.3) is 0 Å². The molecule has 1 atom stereocenters. The zero-order valence-corrected chi connectivity index (χ0v) is 13.1. The van der Waals surface area contributed by atoms with Crippen LogP contribution in [0.2, 0.25) is 10.0 Å². The maximum Gasteiger partial charge on any atom is 0.261 e. The summed E-state index contributed by atoms with van der Waals surface area (Å²) in [7, 11) is 0. The zero-order chi connectivity index (χ0) is 16.1. The Morgan fingerprint density at radius 2 is 1.87 bits per heavy atom. The molecule has 2 aliphatic heterocycles. The summed E-state index contributed by atoms with van der Waals surface area (Å²) in [5.74, 6) is 0.764. The van der Waals surface area contributed by atoms with Gasteiger partial charge in [0.15, 0.2) is 17.5 Å². The van der Waals surface area contributed by atoms with E-state index in [-0.39, 0.29) is 23.3 Å². The van der Waals surface area contributed by atoms with Gasteiger partial charge in [-0.25, -0.2) is 0 Å². The van der Waals surface area contributed by atoms with Crippen molar-refractivity contribution in [2.24, 2.45) is 0 Å². The van der Waals surface area contributed by atoms with Crippen LogP contribution in [-0.4, -0.2) is 12.7 Å². The molecule has 0 aliphatic carbocycles. The van der Waals surface area contributed by atoms with Crippen molar-refractivity contribution in [2.45, 2.75) is 6.04 Å². The molecular weight excluding hydrogens is 339 g/mol. The van der Waals surface area contributed by atoms with Crippen LogP contribution >= 0.6 is 23.2 Å². The molecule has 2 aromatic carbocycles. The Morgan fingerprint density at radius 1 is 1.13 bits per heavy atom. The van der Waals surface area contributed by atoms with Gasteiger partial charge in [0.05, 0.1) is 16.7 Å². The Balaban J connectivity index is 1.88. The Hall–Kier alpha value is -2.42. The van der Waals surface area contributed by atoms with Crippen molar-refractivity contribution in [1.82, 2.24) is 0 Å². The van der Waals surface area contributed by atoms with Gasteiger partial charge in [0, 0.05) is 22.3 Å². The average molecular weight is 347 g/mol.